The Bertz CT molecular complexity index is 315. The topological polar surface area (TPSA) is 52.6 Å². The molecule has 0 aromatic heterocycles. The third-order valence-electron chi connectivity index (χ3n) is 2.11. The lowest BCUT2D eigenvalue weighted by Crippen LogP contribution is -2.16. The van der Waals surface area contributed by atoms with Crippen molar-refractivity contribution in [2.45, 2.75) is 33.6 Å². The van der Waals surface area contributed by atoms with E-state index in [-0.39, 0.29) is 13.2 Å². The van der Waals surface area contributed by atoms with Gasteiger partial charge in [-0.3, -0.25) is 0 Å². The van der Waals surface area contributed by atoms with Gasteiger partial charge in [0.25, 0.3) is 0 Å². The monoisotopic (exact) mass is 240 g/mol. The molecule has 0 radical (unpaired) electrons. The number of esters is 2. The van der Waals surface area contributed by atoms with Crippen LogP contribution in [0.4, 0.5) is 0 Å². The Hall–Kier alpha value is -1.58. The van der Waals surface area contributed by atoms with Gasteiger partial charge in [0.15, 0.2) is 0 Å². The van der Waals surface area contributed by atoms with Crippen LogP contribution >= 0.6 is 0 Å². The summed E-state index contributed by atoms with van der Waals surface area (Å²) in [5.41, 5.74) is 0.702. The van der Waals surface area contributed by atoms with E-state index in [2.05, 4.69) is 6.58 Å². The summed E-state index contributed by atoms with van der Waals surface area (Å²) >= 11 is 0. The fourth-order valence-electron chi connectivity index (χ4n) is 1.39. The number of hydrogen-bond donors (Lipinski definition) is 0. The second-order valence-corrected chi connectivity index (χ2v) is 3.24. The molecule has 0 aliphatic rings. The van der Waals surface area contributed by atoms with Crippen LogP contribution in [0, 0.1) is 0 Å². The molecule has 0 heterocycles. The summed E-state index contributed by atoms with van der Waals surface area (Å²) in [6.07, 6.45) is 2.31. The number of rotatable bonds is 7. The molecule has 0 bridgehead atoms. The molecule has 4 nitrogen and oxygen atoms in total. The number of allylic oxidation sites excluding steroid dienone is 1. The summed E-state index contributed by atoms with van der Waals surface area (Å²) in [5.74, 6) is -0.933. The molecule has 0 spiro atoms. The summed E-state index contributed by atoms with van der Waals surface area (Å²) in [7, 11) is 0. The fourth-order valence-corrected chi connectivity index (χ4v) is 1.39. The molecule has 0 saturated carbocycles. The van der Waals surface area contributed by atoms with E-state index in [0.29, 0.717) is 24.0 Å². The van der Waals surface area contributed by atoms with Crippen LogP contribution in [0.25, 0.3) is 0 Å². The quantitative estimate of drug-likeness (QED) is 0.389. The molecule has 0 unspecified atom stereocenters. The van der Waals surface area contributed by atoms with Gasteiger partial charge in [0.1, 0.15) is 0 Å². The summed E-state index contributed by atoms with van der Waals surface area (Å²) in [4.78, 5) is 23.4. The first-order valence-corrected chi connectivity index (χ1v) is 5.79. The predicted molar refractivity (Wildman–Crippen MR) is 65.4 cm³/mol. The van der Waals surface area contributed by atoms with Crippen LogP contribution < -0.4 is 0 Å². The van der Waals surface area contributed by atoms with Gasteiger partial charge in [0, 0.05) is 5.57 Å². The average molecular weight is 240 g/mol. The van der Waals surface area contributed by atoms with Gasteiger partial charge in [-0.05, 0) is 26.7 Å². The van der Waals surface area contributed by atoms with Crippen molar-refractivity contribution in [1.82, 2.24) is 0 Å². The van der Waals surface area contributed by atoms with Crippen molar-refractivity contribution in [1.29, 1.82) is 0 Å². The Kier molecular flexibility index (Phi) is 7.76. The zero-order valence-corrected chi connectivity index (χ0v) is 10.7. The van der Waals surface area contributed by atoms with E-state index in [9.17, 15) is 9.59 Å². The van der Waals surface area contributed by atoms with Crippen molar-refractivity contribution in [2.75, 3.05) is 13.2 Å². The first-order valence-electron chi connectivity index (χ1n) is 5.79. The van der Waals surface area contributed by atoms with Crippen molar-refractivity contribution >= 4 is 11.9 Å². The zero-order chi connectivity index (χ0) is 13.3. The van der Waals surface area contributed by atoms with E-state index in [4.69, 9.17) is 9.47 Å². The van der Waals surface area contributed by atoms with Gasteiger partial charge in [-0.15, -0.1) is 6.58 Å². The van der Waals surface area contributed by atoms with Gasteiger partial charge >= 0.3 is 11.9 Å². The molecule has 0 aliphatic heterocycles. The molecule has 0 aromatic rings. The first kappa shape index (κ1) is 15.4. The van der Waals surface area contributed by atoms with Crippen LogP contribution in [0.3, 0.4) is 0 Å². The number of carbonyl (C=O) groups is 2. The highest BCUT2D eigenvalue weighted by Crippen LogP contribution is 2.16. The van der Waals surface area contributed by atoms with Crippen LogP contribution in [-0.2, 0) is 19.1 Å². The molecule has 0 atom stereocenters. The van der Waals surface area contributed by atoms with E-state index in [1.807, 2.05) is 0 Å². The van der Waals surface area contributed by atoms with Gasteiger partial charge in [0.2, 0.25) is 0 Å². The van der Waals surface area contributed by atoms with Crippen molar-refractivity contribution in [3.63, 3.8) is 0 Å². The van der Waals surface area contributed by atoms with Gasteiger partial charge < -0.3 is 9.47 Å². The highest BCUT2D eigenvalue weighted by atomic mass is 16.5. The second-order valence-electron chi connectivity index (χ2n) is 3.24. The van der Waals surface area contributed by atoms with Gasteiger partial charge in [-0.2, -0.15) is 0 Å². The number of ether oxygens (including phenoxy) is 2. The molecular weight excluding hydrogens is 220 g/mol. The number of carbonyl (C=O) groups excluding carboxylic acids is 2. The van der Waals surface area contributed by atoms with E-state index >= 15 is 0 Å². The smallest absolute Gasteiger partial charge is 0.334 e. The predicted octanol–water partition coefficient (Wildman–Crippen LogP) is 2.40. The lowest BCUT2D eigenvalue weighted by Gasteiger charge is -2.11. The molecule has 96 valence electrons. The molecule has 0 amide bonds. The second kappa shape index (κ2) is 8.56. The first-order chi connectivity index (χ1) is 8.12. The molecule has 0 fully saturated rings. The van der Waals surface area contributed by atoms with E-state index < -0.39 is 11.9 Å². The SMILES string of the molecule is C=CC/C(C(=O)OCC)=C(\CC)C(=O)OCC. The van der Waals surface area contributed by atoms with Crippen LogP contribution in [0.2, 0.25) is 0 Å². The fraction of sp³-hybridized carbons (Fsp3) is 0.538. The molecule has 0 aromatic carbocycles. The molecular formula is C13H20O4. The minimum Gasteiger partial charge on any atom is -0.463 e. The third kappa shape index (κ3) is 4.85. The van der Waals surface area contributed by atoms with E-state index in [1.54, 1.807) is 26.8 Å². The Morgan fingerprint density at radius 3 is 1.82 bits per heavy atom. The summed E-state index contributed by atoms with van der Waals surface area (Å²) < 4.78 is 9.83. The van der Waals surface area contributed by atoms with Crippen molar-refractivity contribution in [3.8, 4) is 0 Å². The van der Waals surface area contributed by atoms with Crippen molar-refractivity contribution in [2.24, 2.45) is 0 Å². The Balaban J connectivity index is 5.21. The average Bonchev–Trinajstić information content (AvgIpc) is 2.29. The standard InChI is InChI=1S/C13H20O4/c1-5-9-11(13(15)17-8-4)10(6-2)12(14)16-7-3/h5H,1,6-9H2,2-4H3/b11-10-. The summed E-state index contributed by atoms with van der Waals surface area (Å²) in [6, 6.07) is 0. The van der Waals surface area contributed by atoms with Crippen LogP contribution in [-0.4, -0.2) is 25.2 Å². The third-order valence-corrected chi connectivity index (χ3v) is 2.11. The molecule has 17 heavy (non-hydrogen) atoms. The molecule has 0 N–H and O–H groups in total. The molecule has 4 heteroatoms. The minimum absolute atomic E-state index is 0.277. The van der Waals surface area contributed by atoms with Gasteiger partial charge in [-0.1, -0.05) is 13.0 Å². The lowest BCUT2D eigenvalue weighted by atomic mass is 10.0. The van der Waals surface area contributed by atoms with Crippen LogP contribution in [0.1, 0.15) is 33.6 Å². The number of hydrogen-bond acceptors (Lipinski definition) is 4. The van der Waals surface area contributed by atoms with E-state index in [0.717, 1.165) is 0 Å². The maximum Gasteiger partial charge on any atom is 0.334 e. The Morgan fingerprint density at radius 1 is 1.00 bits per heavy atom. The largest absolute Gasteiger partial charge is 0.463 e. The minimum atomic E-state index is -0.475. The highest BCUT2D eigenvalue weighted by molar-refractivity contribution is 6.00. The zero-order valence-electron chi connectivity index (χ0n) is 10.7. The van der Waals surface area contributed by atoms with Crippen LogP contribution in [0.5, 0.6) is 0 Å². The molecule has 0 aliphatic carbocycles. The summed E-state index contributed by atoms with van der Waals surface area (Å²) in [5, 5.41) is 0. The van der Waals surface area contributed by atoms with E-state index in [1.165, 1.54) is 0 Å². The maximum absolute atomic E-state index is 11.7. The van der Waals surface area contributed by atoms with Gasteiger partial charge in [0.05, 0.1) is 18.8 Å². The molecule has 0 saturated heterocycles. The lowest BCUT2D eigenvalue weighted by molar-refractivity contribution is -0.142. The Labute approximate surface area is 102 Å². The van der Waals surface area contributed by atoms with Crippen molar-refractivity contribution in [3.05, 3.63) is 23.8 Å². The summed E-state index contributed by atoms with van der Waals surface area (Å²) in [6.45, 7) is 9.38. The van der Waals surface area contributed by atoms with Gasteiger partial charge in [-0.25, -0.2) is 9.59 Å². The maximum atomic E-state index is 11.7. The molecule has 0 rings (SSSR count). The van der Waals surface area contributed by atoms with Crippen LogP contribution in [0.15, 0.2) is 23.8 Å². The Morgan fingerprint density at radius 2 is 1.47 bits per heavy atom. The van der Waals surface area contributed by atoms with Crippen molar-refractivity contribution < 1.29 is 19.1 Å². The highest BCUT2D eigenvalue weighted by Gasteiger charge is 2.20. The normalized spacial score (nSPS) is 11.5.